The lowest BCUT2D eigenvalue weighted by Crippen LogP contribution is -2.47. The number of rotatable bonds is 10. The van der Waals surface area contributed by atoms with Crippen molar-refractivity contribution >= 4 is 12.0 Å². The number of hydrogen-bond donors (Lipinski definition) is 1. The van der Waals surface area contributed by atoms with Crippen LogP contribution in [0.15, 0.2) is 54.6 Å². The first-order valence-corrected chi connectivity index (χ1v) is 11.1. The van der Waals surface area contributed by atoms with Gasteiger partial charge in [-0.2, -0.15) is 8.78 Å². The van der Waals surface area contributed by atoms with Gasteiger partial charge in [0, 0.05) is 38.8 Å². The summed E-state index contributed by atoms with van der Waals surface area (Å²) in [6.45, 7) is 3.77. The van der Waals surface area contributed by atoms with Gasteiger partial charge in [-0.15, -0.1) is 0 Å². The summed E-state index contributed by atoms with van der Waals surface area (Å²) < 4.78 is 35.1. The molecule has 178 valence electrons. The lowest BCUT2D eigenvalue weighted by molar-refractivity contribution is -0.117. The van der Waals surface area contributed by atoms with Crippen molar-refractivity contribution in [3.63, 3.8) is 0 Å². The zero-order valence-electron chi connectivity index (χ0n) is 19.0. The molecule has 0 radical (unpaired) electrons. The van der Waals surface area contributed by atoms with Crippen molar-refractivity contribution < 1.29 is 23.0 Å². The van der Waals surface area contributed by atoms with Crippen molar-refractivity contribution in [3.8, 4) is 11.5 Å². The molecule has 2 aromatic rings. The second-order valence-corrected chi connectivity index (χ2v) is 7.93. The Morgan fingerprint density at radius 2 is 1.82 bits per heavy atom. The molecule has 0 aromatic heterocycles. The molecule has 8 heteroatoms. The van der Waals surface area contributed by atoms with Crippen LogP contribution in [0.5, 0.6) is 11.5 Å². The summed E-state index contributed by atoms with van der Waals surface area (Å²) >= 11 is 0. The fourth-order valence-electron chi connectivity index (χ4n) is 3.69. The maximum absolute atomic E-state index is 12.7. The van der Waals surface area contributed by atoms with Crippen LogP contribution in [0.3, 0.4) is 0 Å². The Hall–Kier alpha value is -2.97. The zero-order valence-corrected chi connectivity index (χ0v) is 19.0. The minimum Gasteiger partial charge on any atom is -0.490 e. The molecule has 1 N–H and O–H groups in total. The van der Waals surface area contributed by atoms with Gasteiger partial charge >= 0.3 is 6.61 Å². The molecule has 1 amide bonds. The van der Waals surface area contributed by atoms with Gasteiger partial charge in [0.15, 0.2) is 11.5 Å². The third-order valence-electron chi connectivity index (χ3n) is 5.47. The van der Waals surface area contributed by atoms with E-state index in [1.807, 2.05) is 30.3 Å². The number of carbonyl (C=O) groups is 1. The Morgan fingerprint density at radius 3 is 2.48 bits per heavy atom. The lowest BCUT2D eigenvalue weighted by Gasteiger charge is -2.34. The highest BCUT2D eigenvalue weighted by molar-refractivity contribution is 5.92. The number of nitrogens with one attached hydrogen (secondary N) is 1. The van der Waals surface area contributed by atoms with E-state index in [9.17, 15) is 13.6 Å². The van der Waals surface area contributed by atoms with Crippen LogP contribution < -0.4 is 14.8 Å². The van der Waals surface area contributed by atoms with Gasteiger partial charge in [0.25, 0.3) is 0 Å². The molecule has 3 rings (SSSR count). The molecule has 6 nitrogen and oxygen atoms in total. The second-order valence-electron chi connectivity index (χ2n) is 7.93. The maximum Gasteiger partial charge on any atom is 0.387 e. The first-order valence-electron chi connectivity index (χ1n) is 11.1. The van der Waals surface area contributed by atoms with E-state index < -0.39 is 6.61 Å². The highest BCUT2D eigenvalue weighted by atomic mass is 19.3. The van der Waals surface area contributed by atoms with Crippen molar-refractivity contribution in [2.75, 3.05) is 46.4 Å². The van der Waals surface area contributed by atoms with Gasteiger partial charge in [0.2, 0.25) is 5.91 Å². The summed E-state index contributed by atoms with van der Waals surface area (Å²) in [5, 5.41) is 3.10. The van der Waals surface area contributed by atoms with Crippen molar-refractivity contribution in [1.82, 2.24) is 15.1 Å². The van der Waals surface area contributed by atoms with Crippen LogP contribution in [0.1, 0.15) is 24.1 Å². The number of alkyl halides is 2. The fraction of sp³-hybridized carbons (Fsp3) is 0.400. The van der Waals surface area contributed by atoms with E-state index in [0.717, 1.165) is 38.3 Å². The zero-order chi connectivity index (χ0) is 23.6. The van der Waals surface area contributed by atoms with Crippen LogP contribution in [0.4, 0.5) is 8.78 Å². The molecule has 0 spiro atoms. The second kappa shape index (κ2) is 12.3. The molecule has 1 atom stereocenters. The summed E-state index contributed by atoms with van der Waals surface area (Å²) in [4.78, 5) is 17.4. The van der Waals surface area contributed by atoms with Crippen LogP contribution in [0, 0.1) is 0 Å². The Balaban J connectivity index is 1.68. The van der Waals surface area contributed by atoms with Crippen molar-refractivity contribution in [2.24, 2.45) is 0 Å². The molecule has 0 bridgehead atoms. The number of piperazine rings is 1. The lowest BCUT2D eigenvalue weighted by atomic mass is 10.1. The Morgan fingerprint density at radius 1 is 1.09 bits per heavy atom. The van der Waals surface area contributed by atoms with Crippen molar-refractivity contribution in [3.05, 3.63) is 65.7 Å². The predicted molar refractivity (Wildman–Crippen MR) is 125 cm³/mol. The summed E-state index contributed by atoms with van der Waals surface area (Å²) in [5.74, 6) is -0.0637. The predicted octanol–water partition coefficient (Wildman–Crippen LogP) is 3.80. The molecule has 1 aliphatic rings. The van der Waals surface area contributed by atoms with Gasteiger partial charge in [-0.05, 0) is 43.3 Å². The van der Waals surface area contributed by atoms with Crippen LogP contribution in [-0.2, 0) is 4.79 Å². The number of carbonyl (C=O) groups excluding carboxylic acids is 1. The normalized spacial score (nSPS) is 16.2. The van der Waals surface area contributed by atoms with E-state index in [1.54, 1.807) is 25.1 Å². The van der Waals surface area contributed by atoms with E-state index in [1.165, 1.54) is 12.1 Å². The minimum absolute atomic E-state index is 0.0373. The average molecular weight is 460 g/mol. The first-order chi connectivity index (χ1) is 15.9. The van der Waals surface area contributed by atoms with Crippen LogP contribution >= 0.6 is 0 Å². The van der Waals surface area contributed by atoms with E-state index in [2.05, 4.69) is 26.9 Å². The smallest absolute Gasteiger partial charge is 0.387 e. The minimum atomic E-state index is -2.94. The van der Waals surface area contributed by atoms with E-state index in [4.69, 9.17) is 4.74 Å². The summed E-state index contributed by atoms with van der Waals surface area (Å²) in [5.41, 5.74) is 1.69. The van der Waals surface area contributed by atoms with Gasteiger partial charge < -0.3 is 19.7 Å². The third kappa shape index (κ3) is 7.83. The van der Waals surface area contributed by atoms with Gasteiger partial charge in [-0.1, -0.05) is 36.4 Å². The third-order valence-corrected chi connectivity index (χ3v) is 5.47. The molecule has 0 saturated carbocycles. The molecule has 0 aliphatic carbocycles. The molecular weight excluding hydrogens is 428 g/mol. The highest BCUT2D eigenvalue weighted by Gasteiger charge is 2.20. The van der Waals surface area contributed by atoms with E-state index >= 15 is 0 Å². The Bertz CT molecular complexity index is 916. The number of amides is 1. The molecule has 2 aromatic carbocycles. The van der Waals surface area contributed by atoms with Crippen LogP contribution in [0.25, 0.3) is 6.08 Å². The van der Waals surface area contributed by atoms with Gasteiger partial charge in [0.05, 0.1) is 12.6 Å². The number of benzene rings is 2. The number of ether oxygens (including phenoxy) is 2. The molecule has 1 fully saturated rings. The number of hydrogen-bond acceptors (Lipinski definition) is 5. The van der Waals surface area contributed by atoms with Crippen molar-refractivity contribution in [2.45, 2.75) is 19.6 Å². The largest absolute Gasteiger partial charge is 0.490 e. The molecule has 1 saturated heterocycles. The van der Waals surface area contributed by atoms with Gasteiger partial charge in [-0.25, -0.2) is 0 Å². The summed E-state index contributed by atoms with van der Waals surface area (Å²) in [6, 6.07) is 14.4. The van der Waals surface area contributed by atoms with Crippen molar-refractivity contribution in [1.29, 1.82) is 0 Å². The fourth-order valence-corrected chi connectivity index (χ4v) is 3.69. The SMILES string of the molecule is CCOc1cc(/C=C/C(=O)NC(CN2CCN(C)CC2)c2ccccc2)ccc1OC(F)F. The molecular formula is C25H31F2N3O3. The van der Waals surface area contributed by atoms with E-state index in [-0.39, 0.29) is 23.4 Å². The van der Waals surface area contributed by atoms with E-state index in [0.29, 0.717) is 12.2 Å². The van der Waals surface area contributed by atoms with Gasteiger partial charge in [0.1, 0.15) is 0 Å². The Kier molecular flexibility index (Phi) is 9.21. The number of likely N-dealkylation sites (N-methyl/N-ethyl adjacent to an activating group) is 1. The summed E-state index contributed by atoms with van der Waals surface area (Å²) in [7, 11) is 2.11. The van der Waals surface area contributed by atoms with Crippen LogP contribution in [-0.4, -0.2) is 68.7 Å². The number of halogens is 2. The average Bonchev–Trinajstić information content (AvgIpc) is 2.80. The quantitative estimate of drug-likeness (QED) is 0.548. The summed E-state index contributed by atoms with van der Waals surface area (Å²) in [6.07, 6.45) is 3.07. The topological polar surface area (TPSA) is 54.0 Å². The van der Waals surface area contributed by atoms with Gasteiger partial charge in [-0.3, -0.25) is 9.69 Å². The first kappa shape index (κ1) is 24.7. The monoisotopic (exact) mass is 459 g/mol. The standard InChI is InChI=1S/C25H31F2N3O3/c1-3-32-23-17-19(9-11-22(23)33-25(26)27)10-12-24(31)28-21(20-7-5-4-6-8-20)18-30-15-13-29(2)14-16-30/h4-12,17,21,25H,3,13-16,18H2,1-2H3,(H,28,31)/b12-10+. The number of nitrogens with zero attached hydrogens (tertiary/aromatic N) is 2. The highest BCUT2D eigenvalue weighted by Crippen LogP contribution is 2.30. The maximum atomic E-state index is 12.7. The van der Waals surface area contributed by atoms with Crippen LogP contribution in [0.2, 0.25) is 0 Å². The molecule has 1 unspecified atom stereocenters. The molecule has 1 heterocycles. The Labute approximate surface area is 193 Å². The molecule has 1 aliphatic heterocycles. The molecule has 33 heavy (non-hydrogen) atoms.